The summed E-state index contributed by atoms with van der Waals surface area (Å²) in [6.45, 7) is 3.20. The Morgan fingerprint density at radius 1 is 1.27 bits per heavy atom. The van der Waals surface area contributed by atoms with Crippen LogP contribution in [0, 0.1) is 36.5 Å². The zero-order valence-electron chi connectivity index (χ0n) is 8.33. The minimum absolute atomic E-state index is 0.00806. The van der Waals surface area contributed by atoms with Crippen molar-refractivity contribution in [3.63, 3.8) is 0 Å². The van der Waals surface area contributed by atoms with Crippen molar-refractivity contribution in [1.82, 2.24) is 0 Å². The highest BCUT2D eigenvalue weighted by Crippen LogP contribution is 2.21. The SMILES string of the molecule is Cc1c(C#N)cc(C(=O)O)c(C)c1C#N. The topological polar surface area (TPSA) is 84.9 Å². The molecule has 0 radical (unpaired) electrons. The van der Waals surface area contributed by atoms with Gasteiger partial charge in [0.15, 0.2) is 0 Å². The molecule has 0 fully saturated rings. The highest BCUT2D eigenvalue weighted by atomic mass is 16.4. The van der Waals surface area contributed by atoms with Crippen molar-refractivity contribution in [2.75, 3.05) is 0 Å². The summed E-state index contributed by atoms with van der Waals surface area (Å²) >= 11 is 0. The van der Waals surface area contributed by atoms with Gasteiger partial charge in [0.25, 0.3) is 0 Å². The monoisotopic (exact) mass is 200 g/mol. The van der Waals surface area contributed by atoms with Gasteiger partial charge in [0.05, 0.1) is 28.8 Å². The van der Waals surface area contributed by atoms with Crippen molar-refractivity contribution in [3.8, 4) is 12.1 Å². The third-order valence-electron chi connectivity index (χ3n) is 2.31. The Labute approximate surface area is 87.0 Å². The minimum Gasteiger partial charge on any atom is -0.478 e. The summed E-state index contributed by atoms with van der Waals surface area (Å²) in [4.78, 5) is 10.9. The van der Waals surface area contributed by atoms with E-state index in [0.717, 1.165) is 0 Å². The molecule has 0 bridgehead atoms. The number of carbonyl (C=O) groups is 1. The fraction of sp³-hybridized carbons (Fsp3) is 0.182. The normalized spacial score (nSPS) is 9.07. The first-order valence-electron chi connectivity index (χ1n) is 4.20. The van der Waals surface area contributed by atoms with Gasteiger partial charge in [0, 0.05) is 0 Å². The van der Waals surface area contributed by atoms with Crippen molar-refractivity contribution < 1.29 is 9.90 Å². The van der Waals surface area contributed by atoms with Gasteiger partial charge in [0.2, 0.25) is 0 Å². The molecule has 1 aromatic carbocycles. The molecular formula is C11H8N2O2. The maximum atomic E-state index is 10.9. The number of nitriles is 2. The van der Waals surface area contributed by atoms with E-state index in [0.29, 0.717) is 11.1 Å². The Hall–Kier alpha value is -2.33. The number of benzene rings is 1. The molecule has 0 aliphatic heterocycles. The Balaban J connectivity index is 3.70. The van der Waals surface area contributed by atoms with E-state index in [9.17, 15) is 4.79 Å². The maximum absolute atomic E-state index is 10.9. The second kappa shape index (κ2) is 3.81. The lowest BCUT2D eigenvalue weighted by molar-refractivity contribution is 0.0696. The average molecular weight is 200 g/mol. The number of hydrogen-bond donors (Lipinski definition) is 1. The molecule has 0 heterocycles. The lowest BCUT2D eigenvalue weighted by Gasteiger charge is -2.07. The van der Waals surface area contributed by atoms with E-state index >= 15 is 0 Å². The van der Waals surface area contributed by atoms with Crippen LogP contribution in [0.4, 0.5) is 0 Å². The highest BCUT2D eigenvalue weighted by molar-refractivity contribution is 5.91. The fourth-order valence-electron chi connectivity index (χ4n) is 1.42. The first-order valence-corrected chi connectivity index (χ1v) is 4.20. The zero-order chi connectivity index (χ0) is 11.6. The molecule has 0 unspecified atom stereocenters. The summed E-state index contributed by atoms with van der Waals surface area (Å²) in [5.41, 5.74) is 1.44. The predicted octanol–water partition coefficient (Wildman–Crippen LogP) is 1.75. The van der Waals surface area contributed by atoms with Crippen LogP contribution in [0.25, 0.3) is 0 Å². The molecule has 1 aromatic rings. The summed E-state index contributed by atoms with van der Waals surface area (Å²) in [5.74, 6) is -1.12. The molecule has 0 saturated heterocycles. The molecule has 0 aliphatic carbocycles. The van der Waals surface area contributed by atoms with Gasteiger partial charge in [-0.1, -0.05) is 0 Å². The van der Waals surface area contributed by atoms with Crippen molar-refractivity contribution in [2.45, 2.75) is 13.8 Å². The standard InChI is InChI=1S/C11H8N2O2/c1-6-8(4-12)3-9(11(14)15)7(2)10(6)5-13/h3H,1-2H3,(H,14,15). The summed E-state index contributed by atoms with van der Waals surface area (Å²) in [6, 6.07) is 5.10. The van der Waals surface area contributed by atoms with Crippen LogP contribution in [-0.2, 0) is 0 Å². The van der Waals surface area contributed by atoms with Crippen LogP contribution in [0.3, 0.4) is 0 Å². The van der Waals surface area contributed by atoms with Gasteiger partial charge < -0.3 is 5.11 Å². The Morgan fingerprint density at radius 2 is 1.87 bits per heavy atom. The van der Waals surface area contributed by atoms with Gasteiger partial charge in [-0.15, -0.1) is 0 Å². The molecule has 0 atom stereocenters. The van der Waals surface area contributed by atoms with Gasteiger partial charge in [-0.2, -0.15) is 10.5 Å². The molecule has 4 nitrogen and oxygen atoms in total. The minimum atomic E-state index is -1.12. The largest absolute Gasteiger partial charge is 0.478 e. The summed E-state index contributed by atoms with van der Waals surface area (Å²) in [7, 11) is 0. The molecular weight excluding hydrogens is 192 g/mol. The number of rotatable bonds is 1. The molecule has 0 amide bonds. The van der Waals surface area contributed by atoms with E-state index < -0.39 is 5.97 Å². The van der Waals surface area contributed by atoms with Crippen LogP contribution < -0.4 is 0 Å². The van der Waals surface area contributed by atoms with Crippen LogP contribution >= 0.6 is 0 Å². The van der Waals surface area contributed by atoms with Gasteiger partial charge >= 0.3 is 5.97 Å². The van der Waals surface area contributed by atoms with E-state index in [1.54, 1.807) is 13.8 Å². The number of aromatic carboxylic acids is 1. The summed E-state index contributed by atoms with van der Waals surface area (Å²) in [5, 5.41) is 26.5. The summed E-state index contributed by atoms with van der Waals surface area (Å²) in [6.07, 6.45) is 0. The summed E-state index contributed by atoms with van der Waals surface area (Å²) < 4.78 is 0. The van der Waals surface area contributed by atoms with E-state index in [1.807, 2.05) is 12.1 Å². The second-order valence-corrected chi connectivity index (χ2v) is 3.13. The third-order valence-corrected chi connectivity index (χ3v) is 2.31. The smallest absolute Gasteiger partial charge is 0.336 e. The second-order valence-electron chi connectivity index (χ2n) is 3.13. The molecule has 15 heavy (non-hydrogen) atoms. The molecule has 1 N–H and O–H groups in total. The molecule has 74 valence electrons. The van der Waals surface area contributed by atoms with Gasteiger partial charge in [0.1, 0.15) is 0 Å². The van der Waals surface area contributed by atoms with E-state index in [1.165, 1.54) is 6.07 Å². The van der Waals surface area contributed by atoms with Crippen LogP contribution in [0.15, 0.2) is 6.07 Å². The van der Waals surface area contributed by atoms with Gasteiger partial charge in [-0.05, 0) is 31.0 Å². The van der Waals surface area contributed by atoms with Gasteiger partial charge in [-0.25, -0.2) is 4.79 Å². The van der Waals surface area contributed by atoms with Crippen molar-refractivity contribution in [2.24, 2.45) is 0 Å². The quantitative estimate of drug-likeness (QED) is 0.748. The van der Waals surface area contributed by atoms with Crippen LogP contribution in [-0.4, -0.2) is 11.1 Å². The zero-order valence-corrected chi connectivity index (χ0v) is 8.33. The maximum Gasteiger partial charge on any atom is 0.336 e. The van der Waals surface area contributed by atoms with E-state index in [2.05, 4.69) is 0 Å². The number of carboxylic acid groups (broad SMARTS) is 1. The molecule has 0 spiro atoms. The number of carboxylic acids is 1. The van der Waals surface area contributed by atoms with Crippen LogP contribution in [0.5, 0.6) is 0 Å². The predicted molar refractivity (Wildman–Crippen MR) is 52.3 cm³/mol. The number of nitrogens with zero attached hydrogens (tertiary/aromatic N) is 2. The third kappa shape index (κ3) is 1.66. The number of hydrogen-bond acceptors (Lipinski definition) is 3. The van der Waals surface area contributed by atoms with E-state index in [-0.39, 0.29) is 16.7 Å². The van der Waals surface area contributed by atoms with Crippen molar-refractivity contribution in [3.05, 3.63) is 33.9 Å². The first kappa shape index (κ1) is 10.7. The van der Waals surface area contributed by atoms with Crippen LogP contribution in [0.2, 0.25) is 0 Å². The molecule has 0 aromatic heterocycles. The van der Waals surface area contributed by atoms with E-state index in [4.69, 9.17) is 15.6 Å². The van der Waals surface area contributed by atoms with Crippen molar-refractivity contribution in [1.29, 1.82) is 10.5 Å². The average Bonchev–Trinajstić information content (AvgIpc) is 2.18. The van der Waals surface area contributed by atoms with Gasteiger partial charge in [-0.3, -0.25) is 0 Å². The molecule has 1 rings (SSSR count). The fourth-order valence-corrected chi connectivity index (χ4v) is 1.42. The Kier molecular flexibility index (Phi) is 2.73. The molecule has 0 aliphatic rings. The lowest BCUT2D eigenvalue weighted by atomic mass is 9.94. The Bertz CT molecular complexity index is 519. The molecule has 0 saturated carbocycles. The lowest BCUT2D eigenvalue weighted by Crippen LogP contribution is -2.05. The Morgan fingerprint density at radius 3 is 2.27 bits per heavy atom. The molecule has 4 heteroatoms. The highest BCUT2D eigenvalue weighted by Gasteiger charge is 2.16. The van der Waals surface area contributed by atoms with Crippen molar-refractivity contribution >= 4 is 5.97 Å². The first-order chi connectivity index (χ1) is 7.02. The van der Waals surface area contributed by atoms with Crippen LogP contribution in [0.1, 0.15) is 32.6 Å².